The van der Waals surface area contributed by atoms with Crippen LogP contribution in [0.4, 0.5) is 16.3 Å². The predicted molar refractivity (Wildman–Crippen MR) is 149 cm³/mol. The van der Waals surface area contributed by atoms with Crippen molar-refractivity contribution in [2.24, 2.45) is 0 Å². The molecule has 0 radical (unpaired) electrons. The topological polar surface area (TPSA) is 88.5 Å². The number of methoxy groups -OCH3 is 1. The van der Waals surface area contributed by atoms with Crippen LogP contribution in [0, 0.1) is 6.92 Å². The lowest BCUT2D eigenvalue weighted by molar-refractivity contribution is -0.116. The highest BCUT2D eigenvalue weighted by Gasteiger charge is 2.23. The highest BCUT2D eigenvalue weighted by Crippen LogP contribution is 2.27. The van der Waals surface area contributed by atoms with Crippen LogP contribution in [0.25, 0.3) is 5.69 Å². The van der Waals surface area contributed by atoms with E-state index in [9.17, 15) is 9.59 Å². The molecule has 3 amide bonds. The van der Waals surface area contributed by atoms with Crippen LogP contribution in [0.15, 0.2) is 54.6 Å². The van der Waals surface area contributed by atoms with Crippen molar-refractivity contribution in [3.05, 3.63) is 65.9 Å². The highest BCUT2D eigenvalue weighted by atomic mass is 16.5. The number of hydrogen-bond acceptors (Lipinski definition) is 4. The number of rotatable bonds is 10. The maximum atomic E-state index is 13.2. The molecule has 0 saturated heterocycles. The lowest BCUT2D eigenvalue weighted by Gasteiger charge is -2.23. The Bertz CT molecular complexity index is 1190. The van der Waals surface area contributed by atoms with Gasteiger partial charge in [-0.25, -0.2) is 9.48 Å². The number of anilines is 2. The first-order chi connectivity index (χ1) is 17.6. The molecule has 0 fully saturated rings. The van der Waals surface area contributed by atoms with E-state index in [1.807, 2.05) is 37.3 Å². The van der Waals surface area contributed by atoms with Gasteiger partial charge in [0.15, 0.2) is 0 Å². The molecule has 0 unspecified atom stereocenters. The third-order valence-electron chi connectivity index (χ3n) is 6.08. The maximum absolute atomic E-state index is 13.2. The summed E-state index contributed by atoms with van der Waals surface area (Å²) in [6.45, 7) is 10.8. The maximum Gasteiger partial charge on any atom is 0.322 e. The summed E-state index contributed by atoms with van der Waals surface area (Å²) in [4.78, 5) is 27.9. The molecule has 198 valence electrons. The lowest BCUT2D eigenvalue weighted by Crippen LogP contribution is -2.41. The third-order valence-corrected chi connectivity index (χ3v) is 6.08. The van der Waals surface area contributed by atoms with Crippen molar-refractivity contribution in [1.29, 1.82) is 0 Å². The standard InChI is InChI=1S/C29H39N5O3/c1-7-8-11-18-33(28(36)30-22-14-16-23(37-6)17-15-22)20-27(35)31-26-19-25(29(3,4)5)32-34(26)24-13-10-9-12-21(24)2/h9-10,12-17,19H,7-8,11,18,20H2,1-6H3,(H,30,36)(H,31,35). The van der Waals surface area contributed by atoms with Crippen LogP contribution >= 0.6 is 0 Å². The van der Waals surface area contributed by atoms with E-state index in [0.717, 1.165) is 36.2 Å². The van der Waals surface area contributed by atoms with E-state index in [1.165, 1.54) is 0 Å². The van der Waals surface area contributed by atoms with Gasteiger partial charge in [-0.2, -0.15) is 5.10 Å². The van der Waals surface area contributed by atoms with Gasteiger partial charge in [-0.3, -0.25) is 4.79 Å². The smallest absolute Gasteiger partial charge is 0.322 e. The molecule has 3 rings (SSSR count). The Kier molecular flexibility index (Phi) is 9.33. The van der Waals surface area contributed by atoms with Gasteiger partial charge in [0.2, 0.25) is 5.91 Å². The largest absolute Gasteiger partial charge is 0.497 e. The Morgan fingerprint density at radius 2 is 1.73 bits per heavy atom. The van der Waals surface area contributed by atoms with Gasteiger partial charge in [-0.1, -0.05) is 58.7 Å². The zero-order valence-electron chi connectivity index (χ0n) is 22.8. The summed E-state index contributed by atoms with van der Waals surface area (Å²) in [6, 6.07) is 16.6. The summed E-state index contributed by atoms with van der Waals surface area (Å²) in [5.41, 5.74) is 3.24. The normalized spacial score (nSPS) is 11.2. The summed E-state index contributed by atoms with van der Waals surface area (Å²) >= 11 is 0. The van der Waals surface area contributed by atoms with E-state index in [1.54, 1.807) is 41.0 Å². The van der Waals surface area contributed by atoms with Crippen molar-refractivity contribution in [3.63, 3.8) is 0 Å². The molecular weight excluding hydrogens is 466 g/mol. The minimum absolute atomic E-state index is 0.0739. The van der Waals surface area contributed by atoms with E-state index in [2.05, 4.69) is 38.3 Å². The highest BCUT2D eigenvalue weighted by molar-refractivity contribution is 5.96. The van der Waals surface area contributed by atoms with Crippen molar-refractivity contribution in [1.82, 2.24) is 14.7 Å². The summed E-state index contributed by atoms with van der Waals surface area (Å²) < 4.78 is 6.96. The number of unbranched alkanes of at least 4 members (excludes halogenated alkanes) is 2. The van der Waals surface area contributed by atoms with E-state index in [4.69, 9.17) is 9.84 Å². The first-order valence-electron chi connectivity index (χ1n) is 12.8. The zero-order chi connectivity index (χ0) is 27.0. The number of hydrogen-bond donors (Lipinski definition) is 2. The fraction of sp³-hybridized carbons (Fsp3) is 0.414. The zero-order valence-corrected chi connectivity index (χ0v) is 22.8. The number of nitrogens with one attached hydrogen (secondary N) is 2. The molecule has 0 atom stereocenters. The fourth-order valence-electron chi connectivity index (χ4n) is 3.86. The molecule has 0 aliphatic heterocycles. The average Bonchev–Trinajstić information content (AvgIpc) is 3.28. The molecule has 1 aromatic heterocycles. The van der Waals surface area contributed by atoms with Gasteiger partial charge in [0.1, 0.15) is 18.1 Å². The molecule has 1 heterocycles. The van der Waals surface area contributed by atoms with Crippen LogP contribution in [0.2, 0.25) is 0 Å². The fourth-order valence-corrected chi connectivity index (χ4v) is 3.86. The van der Waals surface area contributed by atoms with E-state index < -0.39 is 0 Å². The molecule has 3 aromatic rings. The number of benzene rings is 2. The van der Waals surface area contributed by atoms with E-state index in [-0.39, 0.29) is 23.9 Å². The molecule has 2 N–H and O–H groups in total. The average molecular weight is 506 g/mol. The molecule has 0 aliphatic rings. The van der Waals surface area contributed by atoms with E-state index in [0.29, 0.717) is 23.8 Å². The molecule has 8 heteroatoms. The summed E-state index contributed by atoms with van der Waals surface area (Å²) in [5.74, 6) is 1.00. The molecule has 37 heavy (non-hydrogen) atoms. The summed E-state index contributed by atoms with van der Waals surface area (Å²) in [6.07, 6.45) is 2.81. The molecule has 0 aliphatic carbocycles. The minimum Gasteiger partial charge on any atom is -0.497 e. The quantitative estimate of drug-likeness (QED) is 0.324. The minimum atomic E-state index is -0.320. The van der Waals surface area contributed by atoms with Crippen molar-refractivity contribution in [2.75, 3.05) is 30.8 Å². The number of nitrogens with zero attached hydrogens (tertiary/aromatic N) is 3. The van der Waals surface area contributed by atoms with Gasteiger partial charge in [-0.05, 0) is 49.2 Å². The number of carbonyl (C=O) groups is 2. The van der Waals surface area contributed by atoms with Crippen LogP contribution in [0.5, 0.6) is 5.75 Å². The Morgan fingerprint density at radius 3 is 2.35 bits per heavy atom. The Balaban J connectivity index is 1.80. The number of ether oxygens (including phenoxy) is 1. The third kappa shape index (κ3) is 7.59. The Hall–Kier alpha value is -3.81. The van der Waals surface area contributed by atoms with Crippen molar-refractivity contribution in [2.45, 2.75) is 59.3 Å². The Labute approximate surface area is 220 Å². The number of aromatic nitrogens is 2. The number of para-hydroxylation sites is 1. The molecular formula is C29H39N5O3. The van der Waals surface area contributed by atoms with Crippen LogP contribution < -0.4 is 15.4 Å². The summed E-state index contributed by atoms with van der Waals surface area (Å²) in [5, 5.41) is 10.7. The van der Waals surface area contributed by atoms with Crippen molar-refractivity contribution >= 4 is 23.4 Å². The molecule has 0 saturated carbocycles. The Morgan fingerprint density at radius 1 is 1.03 bits per heavy atom. The van der Waals surface area contributed by atoms with Crippen molar-refractivity contribution in [3.8, 4) is 11.4 Å². The molecule has 0 spiro atoms. The number of amides is 3. The predicted octanol–water partition coefficient (Wildman–Crippen LogP) is 6.15. The van der Waals surface area contributed by atoms with Crippen LogP contribution in [-0.4, -0.2) is 46.8 Å². The second-order valence-electron chi connectivity index (χ2n) is 10.2. The number of urea groups is 1. The molecule has 2 aromatic carbocycles. The van der Waals surface area contributed by atoms with Gasteiger partial charge < -0.3 is 20.3 Å². The lowest BCUT2D eigenvalue weighted by atomic mass is 9.92. The van der Waals surface area contributed by atoms with Crippen LogP contribution in [0.1, 0.15) is 58.2 Å². The van der Waals surface area contributed by atoms with Gasteiger partial charge in [0.25, 0.3) is 0 Å². The van der Waals surface area contributed by atoms with Gasteiger partial charge in [0, 0.05) is 23.7 Å². The molecule has 8 nitrogen and oxygen atoms in total. The van der Waals surface area contributed by atoms with Crippen LogP contribution in [-0.2, 0) is 10.2 Å². The monoisotopic (exact) mass is 505 g/mol. The van der Waals surface area contributed by atoms with Crippen LogP contribution in [0.3, 0.4) is 0 Å². The van der Waals surface area contributed by atoms with Gasteiger partial charge in [-0.15, -0.1) is 0 Å². The second kappa shape index (κ2) is 12.4. The van der Waals surface area contributed by atoms with Gasteiger partial charge in [0.05, 0.1) is 18.5 Å². The first-order valence-corrected chi connectivity index (χ1v) is 12.8. The first kappa shape index (κ1) is 27.8. The molecule has 0 bridgehead atoms. The number of aryl methyl sites for hydroxylation is 1. The summed E-state index contributed by atoms with van der Waals surface area (Å²) in [7, 11) is 1.59. The SMILES string of the molecule is CCCCCN(CC(=O)Nc1cc(C(C)(C)C)nn1-c1ccccc1C)C(=O)Nc1ccc(OC)cc1. The van der Waals surface area contributed by atoms with Crippen molar-refractivity contribution < 1.29 is 14.3 Å². The number of carbonyl (C=O) groups excluding carboxylic acids is 2. The van der Waals surface area contributed by atoms with E-state index >= 15 is 0 Å². The van der Waals surface area contributed by atoms with Gasteiger partial charge >= 0.3 is 6.03 Å². The second-order valence-corrected chi connectivity index (χ2v) is 10.2.